The lowest BCUT2D eigenvalue weighted by atomic mass is 9.82. The number of para-hydroxylation sites is 2. The Hall–Kier alpha value is -7.20. The number of hydrogen-bond acceptors (Lipinski definition) is 2. The monoisotopic (exact) mass is 784 g/mol. The molecule has 2 nitrogen and oxygen atoms in total. The fourth-order valence-corrected chi connectivity index (χ4v) is 11.1. The third-order valence-electron chi connectivity index (χ3n) is 12.8. The number of hydrogen-bond donors (Lipinski definition) is 0. The molecule has 2 aromatic heterocycles. The van der Waals surface area contributed by atoms with Gasteiger partial charge >= 0.3 is 0 Å². The van der Waals surface area contributed by atoms with E-state index in [-0.39, 0.29) is 5.41 Å². The summed E-state index contributed by atoms with van der Waals surface area (Å²) in [5.74, 6) is 0. The van der Waals surface area contributed by atoms with Crippen molar-refractivity contribution in [3.8, 4) is 39.1 Å². The van der Waals surface area contributed by atoms with Crippen molar-refractivity contribution < 1.29 is 0 Å². The molecule has 0 spiro atoms. The van der Waals surface area contributed by atoms with Crippen LogP contribution in [0, 0.1) is 0 Å². The van der Waals surface area contributed by atoms with E-state index in [0.717, 1.165) is 22.7 Å². The highest BCUT2D eigenvalue weighted by Gasteiger charge is 2.36. The van der Waals surface area contributed by atoms with Gasteiger partial charge in [0.1, 0.15) is 0 Å². The minimum atomic E-state index is -0.155. The summed E-state index contributed by atoms with van der Waals surface area (Å²) in [5, 5.41) is 5.05. The highest BCUT2D eigenvalue weighted by molar-refractivity contribution is 7.26. The Kier molecular flexibility index (Phi) is 7.79. The predicted octanol–water partition coefficient (Wildman–Crippen LogP) is 16.3. The maximum absolute atomic E-state index is 2.53. The van der Waals surface area contributed by atoms with E-state index < -0.39 is 0 Å². The van der Waals surface area contributed by atoms with E-state index in [1.807, 2.05) is 11.3 Å². The molecule has 0 N–H and O–H groups in total. The van der Waals surface area contributed by atoms with Crippen LogP contribution in [0.3, 0.4) is 0 Å². The van der Waals surface area contributed by atoms with Gasteiger partial charge in [0.15, 0.2) is 0 Å². The van der Waals surface area contributed by atoms with E-state index in [1.54, 1.807) is 0 Å². The van der Waals surface area contributed by atoms with Crippen molar-refractivity contribution in [3.05, 3.63) is 217 Å². The van der Waals surface area contributed by atoms with Crippen molar-refractivity contribution in [2.24, 2.45) is 0 Å². The molecule has 0 saturated carbocycles. The third-order valence-corrected chi connectivity index (χ3v) is 13.9. The number of anilines is 3. The van der Waals surface area contributed by atoms with Gasteiger partial charge in [-0.05, 0) is 106 Å². The Morgan fingerprint density at radius 3 is 1.95 bits per heavy atom. The molecule has 1 aliphatic carbocycles. The quantitative estimate of drug-likeness (QED) is 0.163. The van der Waals surface area contributed by atoms with E-state index in [2.05, 4.69) is 230 Å². The van der Waals surface area contributed by atoms with Crippen LogP contribution in [0.25, 0.3) is 81.0 Å². The number of nitrogens with zero attached hydrogens (tertiary/aromatic N) is 2. The van der Waals surface area contributed by atoms with Gasteiger partial charge in [0.05, 0.1) is 16.7 Å². The van der Waals surface area contributed by atoms with Crippen LogP contribution in [0.5, 0.6) is 0 Å². The van der Waals surface area contributed by atoms with Gasteiger partial charge in [-0.2, -0.15) is 0 Å². The number of benzene rings is 9. The van der Waals surface area contributed by atoms with Gasteiger partial charge in [0, 0.05) is 59.0 Å². The van der Waals surface area contributed by atoms with Crippen LogP contribution >= 0.6 is 11.3 Å². The van der Waals surface area contributed by atoms with Crippen molar-refractivity contribution in [3.63, 3.8) is 0 Å². The first kappa shape index (κ1) is 34.8. The van der Waals surface area contributed by atoms with Crippen LogP contribution in [0.2, 0.25) is 0 Å². The summed E-state index contributed by atoms with van der Waals surface area (Å²) >= 11 is 1.87. The second kappa shape index (κ2) is 13.4. The molecule has 3 heteroatoms. The van der Waals surface area contributed by atoms with Gasteiger partial charge in [0.25, 0.3) is 0 Å². The Labute approximate surface area is 353 Å². The van der Waals surface area contributed by atoms with E-state index in [0.29, 0.717) is 0 Å². The van der Waals surface area contributed by atoms with Crippen LogP contribution in [0.15, 0.2) is 206 Å². The number of thiophene rings is 1. The van der Waals surface area contributed by atoms with E-state index in [4.69, 9.17) is 0 Å². The Morgan fingerprint density at radius 2 is 1.08 bits per heavy atom. The largest absolute Gasteiger partial charge is 0.310 e. The standard InChI is InChI=1S/C57H40N2S/c1-57(2)48-25-12-9-22-43(48)44-30-28-41(35-49(44)57)58(42-29-31-46-45-23-10-13-26-50(45)59(52(46)36-42)40-20-7-4-8-21-40)51-32-33-54-56(47-24-11-14-27-53(47)60-54)55(51)39-19-15-18-38(34-39)37-16-5-3-6-17-37/h3-36H,1-2H3. The SMILES string of the molecule is CC1(C)c2ccccc2-c2ccc(N(c3ccc4c5ccccc5n(-c5ccccc5)c4c3)c3ccc4sc5ccccc5c4c3-c3cccc(-c4ccccc4)c3)cc21. The molecule has 0 unspecified atom stereocenters. The first-order chi connectivity index (χ1) is 29.5. The van der Waals surface area contributed by atoms with Gasteiger partial charge < -0.3 is 9.47 Å². The van der Waals surface area contributed by atoms with E-state index >= 15 is 0 Å². The average Bonchev–Trinajstić information content (AvgIpc) is 3.92. The summed E-state index contributed by atoms with van der Waals surface area (Å²) in [4.78, 5) is 2.53. The van der Waals surface area contributed by atoms with Crippen LogP contribution < -0.4 is 4.90 Å². The molecule has 11 aromatic rings. The summed E-state index contributed by atoms with van der Waals surface area (Å²) < 4.78 is 5.00. The molecule has 284 valence electrons. The molecular formula is C57H40N2S. The summed E-state index contributed by atoms with van der Waals surface area (Å²) in [6, 6.07) is 76.3. The lowest BCUT2D eigenvalue weighted by Crippen LogP contribution is -2.17. The van der Waals surface area contributed by atoms with Gasteiger partial charge in [-0.1, -0.05) is 153 Å². The smallest absolute Gasteiger partial charge is 0.0561 e. The Bertz CT molecular complexity index is 3460. The van der Waals surface area contributed by atoms with Crippen LogP contribution in [0.1, 0.15) is 25.0 Å². The first-order valence-electron chi connectivity index (χ1n) is 20.8. The van der Waals surface area contributed by atoms with Crippen LogP contribution in [-0.4, -0.2) is 4.57 Å². The molecule has 0 aliphatic heterocycles. The molecule has 1 aliphatic rings. The highest BCUT2D eigenvalue weighted by atomic mass is 32.1. The summed E-state index contributed by atoms with van der Waals surface area (Å²) in [7, 11) is 0. The van der Waals surface area contributed by atoms with Crippen LogP contribution in [0.4, 0.5) is 17.1 Å². The first-order valence-corrected chi connectivity index (χ1v) is 21.6. The maximum Gasteiger partial charge on any atom is 0.0561 e. The molecule has 0 saturated heterocycles. The van der Waals surface area contributed by atoms with Crippen molar-refractivity contribution in [2.75, 3.05) is 4.90 Å². The highest BCUT2D eigenvalue weighted by Crippen LogP contribution is 2.53. The van der Waals surface area contributed by atoms with Crippen molar-refractivity contribution in [1.82, 2.24) is 4.57 Å². The fraction of sp³-hybridized carbons (Fsp3) is 0.0526. The molecule has 12 rings (SSSR count). The third kappa shape index (κ3) is 5.26. The molecule has 2 heterocycles. The molecular weight excluding hydrogens is 745 g/mol. The normalized spacial score (nSPS) is 13.0. The van der Waals surface area contributed by atoms with E-state index in [1.165, 1.54) is 86.5 Å². The molecule has 60 heavy (non-hydrogen) atoms. The van der Waals surface area contributed by atoms with E-state index in [9.17, 15) is 0 Å². The average molecular weight is 785 g/mol. The number of fused-ring (bicyclic) bond motifs is 9. The molecule has 9 aromatic carbocycles. The Balaban J connectivity index is 1.18. The maximum atomic E-state index is 2.53. The van der Waals surface area contributed by atoms with Gasteiger partial charge in [-0.3, -0.25) is 0 Å². The summed E-state index contributed by atoms with van der Waals surface area (Å²) in [6.45, 7) is 4.75. The second-order valence-electron chi connectivity index (χ2n) is 16.5. The lowest BCUT2D eigenvalue weighted by molar-refractivity contribution is 0.660. The molecule has 0 radical (unpaired) electrons. The topological polar surface area (TPSA) is 8.17 Å². The predicted molar refractivity (Wildman–Crippen MR) is 257 cm³/mol. The summed E-state index contributed by atoms with van der Waals surface area (Å²) in [5.41, 5.74) is 17.0. The van der Waals surface area contributed by atoms with Crippen molar-refractivity contribution in [2.45, 2.75) is 19.3 Å². The van der Waals surface area contributed by atoms with Crippen LogP contribution in [-0.2, 0) is 5.41 Å². The van der Waals surface area contributed by atoms with Crippen molar-refractivity contribution in [1.29, 1.82) is 0 Å². The molecule has 0 amide bonds. The minimum absolute atomic E-state index is 0.155. The molecule has 0 bridgehead atoms. The van der Waals surface area contributed by atoms with Crippen molar-refractivity contribution >= 4 is 70.4 Å². The molecule has 0 fully saturated rings. The molecule has 0 atom stereocenters. The Morgan fingerprint density at radius 1 is 0.433 bits per heavy atom. The lowest BCUT2D eigenvalue weighted by Gasteiger charge is -2.30. The summed E-state index contributed by atoms with van der Waals surface area (Å²) in [6.07, 6.45) is 0. The zero-order chi connectivity index (χ0) is 40.0. The second-order valence-corrected chi connectivity index (χ2v) is 17.6. The van der Waals surface area contributed by atoms with Gasteiger partial charge in [0.2, 0.25) is 0 Å². The number of aromatic nitrogens is 1. The van der Waals surface area contributed by atoms with Gasteiger partial charge in [-0.25, -0.2) is 0 Å². The number of rotatable bonds is 6. The zero-order valence-electron chi connectivity index (χ0n) is 33.4. The minimum Gasteiger partial charge on any atom is -0.310 e. The zero-order valence-corrected chi connectivity index (χ0v) is 34.2. The van der Waals surface area contributed by atoms with Gasteiger partial charge in [-0.15, -0.1) is 11.3 Å². The fourth-order valence-electron chi connectivity index (χ4n) is 9.98.